The van der Waals surface area contributed by atoms with Crippen molar-refractivity contribution in [3.8, 4) is 0 Å². The standard InChI is InChI=1S/C21H29NO10/c1-19(2)29-13-9-27-21(18(17(13)30-19)31-20(3,4)32-21)10-22-14(25)7-8-15(26)28-16-11(23)5-6-12(16)24/h13,16-18H,5-10H2,1-4H3,(H,22,25)/t13-,17-,18+,21+/m1/s1. The minimum atomic E-state index is -1.34. The van der Waals surface area contributed by atoms with Crippen molar-refractivity contribution in [1.29, 1.82) is 0 Å². The number of hydrogen-bond donors (Lipinski definition) is 1. The van der Waals surface area contributed by atoms with Crippen LogP contribution in [0.2, 0.25) is 0 Å². The molecule has 3 aliphatic heterocycles. The highest BCUT2D eigenvalue weighted by atomic mass is 16.9. The van der Waals surface area contributed by atoms with Crippen LogP contribution in [-0.2, 0) is 47.6 Å². The molecular weight excluding hydrogens is 426 g/mol. The van der Waals surface area contributed by atoms with Gasteiger partial charge in [-0.2, -0.15) is 0 Å². The van der Waals surface area contributed by atoms with E-state index in [4.69, 9.17) is 28.4 Å². The zero-order chi connectivity index (χ0) is 23.3. The summed E-state index contributed by atoms with van der Waals surface area (Å²) in [4.78, 5) is 47.5. The molecule has 3 saturated heterocycles. The van der Waals surface area contributed by atoms with Crippen molar-refractivity contribution in [2.45, 2.75) is 95.2 Å². The summed E-state index contributed by atoms with van der Waals surface area (Å²) >= 11 is 0. The maximum absolute atomic E-state index is 12.4. The third-order valence-electron chi connectivity index (χ3n) is 5.81. The Labute approximate surface area is 185 Å². The number of Topliss-reactive ketones (excluding diaryl/α,β-unsaturated/α-hetero) is 2. The Morgan fingerprint density at radius 3 is 2.38 bits per heavy atom. The van der Waals surface area contributed by atoms with Crippen molar-refractivity contribution in [2.75, 3.05) is 13.2 Å². The summed E-state index contributed by atoms with van der Waals surface area (Å²) in [7, 11) is 0. The number of amides is 1. The summed E-state index contributed by atoms with van der Waals surface area (Å²) in [5.41, 5.74) is 0. The predicted octanol–water partition coefficient (Wildman–Crippen LogP) is 0.125. The maximum atomic E-state index is 12.4. The van der Waals surface area contributed by atoms with Crippen LogP contribution < -0.4 is 5.32 Å². The maximum Gasteiger partial charge on any atom is 0.307 e. The Morgan fingerprint density at radius 1 is 1.00 bits per heavy atom. The number of fused-ring (bicyclic) bond motifs is 3. The molecule has 0 aromatic carbocycles. The molecular formula is C21H29NO10. The van der Waals surface area contributed by atoms with Crippen LogP contribution in [-0.4, -0.2) is 78.4 Å². The molecule has 0 radical (unpaired) electrons. The number of ketones is 2. The molecule has 1 aliphatic carbocycles. The van der Waals surface area contributed by atoms with Gasteiger partial charge >= 0.3 is 5.97 Å². The Balaban J connectivity index is 1.32. The van der Waals surface area contributed by atoms with Crippen molar-refractivity contribution in [2.24, 2.45) is 0 Å². The number of carbonyl (C=O) groups is 4. The third kappa shape index (κ3) is 4.58. The van der Waals surface area contributed by atoms with E-state index in [1.807, 2.05) is 13.8 Å². The van der Waals surface area contributed by atoms with Gasteiger partial charge in [-0.1, -0.05) is 0 Å². The lowest BCUT2D eigenvalue weighted by Crippen LogP contribution is -2.62. The highest BCUT2D eigenvalue weighted by Gasteiger charge is 2.65. The molecule has 0 aromatic rings. The quantitative estimate of drug-likeness (QED) is 0.435. The lowest BCUT2D eigenvalue weighted by molar-refractivity contribution is -0.277. The van der Waals surface area contributed by atoms with E-state index < -0.39 is 59.1 Å². The second kappa shape index (κ2) is 8.14. The van der Waals surface area contributed by atoms with Crippen LogP contribution in [0.4, 0.5) is 0 Å². The van der Waals surface area contributed by atoms with Crippen LogP contribution >= 0.6 is 0 Å². The molecule has 1 N–H and O–H groups in total. The molecule has 3 heterocycles. The summed E-state index contributed by atoms with van der Waals surface area (Å²) in [5.74, 6) is -5.07. The Kier molecular flexibility index (Phi) is 5.91. The molecule has 4 aliphatic rings. The van der Waals surface area contributed by atoms with Gasteiger partial charge in [-0.25, -0.2) is 0 Å². The van der Waals surface area contributed by atoms with Crippen molar-refractivity contribution in [3.63, 3.8) is 0 Å². The Bertz CT molecular complexity index is 807. The topological polar surface area (TPSA) is 136 Å². The minimum Gasteiger partial charge on any atom is -0.446 e. The molecule has 0 unspecified atom stereocenters. The molecule has 4 rings (SSSR count). The van der Waals surface area contributed by atoms with E-state index in [1.54, 1.807) is 13.8 Å². The summed E-state index contributed by atoms with van der Waals surface area (Å²) in [6.07, 6.45) is -3.03. The zero-order valence-electron chi connectivity index (χ0n) is 18.6. The van der Waals surface area contributed by atoms with Gasteiger partial charge in [0.25, 0.3) is 0 Å². The van der Waals surface area contributed by atoms with Gasteiger partial charge in [-0.3, -0.25) is 19.2 Å². The Morgan fingerprint density at radius 2 is 1.69 bits per heavy atom. The average molecular weight is 455 g/mol. The molecule has 4 fully saturated rings. The average Bonchev–Trinajstić information content (AvgIpc) is 3.29. The highest BCUT2D eigenvalue weighted by Crippen LogP contribution is 2.47. The van der Waals surface area contributed by atoms with Crippen LogP contribution in [0.25, 0.3) is 0 Å². The van der Waals surface area contributed by atoms with E-state index in [0.717, 1.165) is 0 Å². The van der Waals surface area contributed by atoms with Gasteiger partial charge in [0.1, 0.15) is 18.3 Å². The van der Waals surface area contributed by atoms with Crippen molar-refractivity contribution >= 4 is 23.4 Å². The van der Waals surface area contributed by atoms with Gasteiger partial charge in [0.2, 0.25) is 17.8 Å². The van der Waals surface area contributed by atoms with Gasteiger partial charge in [-0.05, 0) is 27.7 Å². The molecule has 32 heavy (non-hydrogen) atoms. The largest absolute Gasteiger partial charge is 0.446 e. The van der Waals surface area contributed by atoms with Crippen molar-refractivity contribution < 1.29 is 47.6 Å². The number of esters is 1. The van der Waals surface area contributed by atoms with Gasteiger partial charge in [0, 0.05) is 19.3 Å². The van der Waals surface area contributed by atoms with Crippen LogP contribution in [0, 0.1) is 0 Å². The van der Waals surface area contributed by atoms with Gasteiger partial charge in [0.15, 0.2) is 23.1 Å². The summed E-state index contributed by atoms with van der Waals surface area (Å²) < 4.78 is 34.9. The van der Waals surface area contributed by atoms with E-state index >= 15 is 0 Å². The van der Waals surface area contributed by atoms with Crippen LogP contribution in [0.5, 0.6) is 0 Å². The van der Waals surface area contributed by atoms with Gasteiger partial charge in [0.05, 0.1) is 19.6 Å². The fourth-order valence-electron chi connectivity index (χ4n) is 4.52. The SMILES string of the molecule is CC1(C)O[C@@H]2[C@@H](CO[C@@]3(CNC(=O)CCC(=O)OC4C(=O)CCC4=O)OC(C)(C)O[C@@H]23)O1. The number of carbonyl (C=O) groups excluding carboxylic acids is 4. The number of nitrogens with one attached hydrogen (secondary N) is 1. The summed E-state index contributed by atoms with van der Waals surface area (Å²) in [6, 6.07) is 0. The van der Waals surface area contributed by atoms with Crippen molar-refractivity contribution in [3.05, 3.63) is 0 Å². The number of hydrogen-bond acceptors (Lipinski definition) is 10. The molecule has 178 valence electrons. The van der Waals surface area contributed by atoms with Crippen LogP contribution in [0.1, 0.15) is 53.4 Å². The van der Waals surface area contributed by atoms with E-state index in [1.165, 1.54) is 0 Å². The predicted molar refractivity (Wildman–Crippen MR) is 104 cm³/mol. The zero-order valence-corrected chi connectivity index (χ0v) is 18.6. The van der Waals surface area contributed by atoms with Gasteiger partial charge < -0.3 is 33.7 Å². The second-order valence-corrected chi connectivity index (χ2v) is 9.38. The van der Waals surface area contributed by atoms with E-state index in [2.05, 4.69) is 5.32 Å². The van der Waals surface area contributed by atoms with Crippen LogP contribution in [0.15, 0.2) is 0 Å². The first-order valence-electron chi connectivity index (χ1n) is 10.8. The molecule has 11 heteroatoms. The van der Waals surface area contributed by atoms with E-state index in [9.17, 15) is 19.2 Å². The first kappa shape index (κ1) is 23.2. The molecule has 1 amide bonds. The van der Waals surface area contributed by atoms with E-state index in [0.29, 0.717) is 0 Å². The third-order valence-corrected chi connectivity index (χ3v) is 5.81. The fraction of sp³-hybridized carbons (Fsp3) is 0.810. The molecule has 0 aromatic heterocycles. The molecule has 0 bridgehead atoms. The Hall–Kier alpha value is -1.92. The van der Waals surface area contributed by atoms with E-state index in [-0.39, 0.29) is 44.9 Å². The fourth-order valence-corrected chi connectivity index (χ4v) is 4.52. The lowest BCUT2D eigenvalue weighted by atomic mass is 9.97. The summed E-state index contributed by atoms with van der Waals surface area (Å²) in [5, 5.41) is 2.71. The highest BCUT2D eigenvalue weighted by molar-refractivity contribution is 6.12. The number of rotatable bonds is 6. The summed E-state index contributed by atoms with van der Waals surface area (Å²) in [6.45, 7) is 7.28. The molecule has 1 saturated carbocycles. The first-order valence-corrected chi connectivity index (χ1v) is 10.8. The second-order valence-electron chi connectivity index (χ2n) is 9.38. The van der Waals surface area contributed by atoms with Crippen LogP contribution in [0.3, 0.4) is 0 Å². The molecule has 0 spiro atoms. The molecule has 4 atom stereocenters. The van der Waals surface area contributed by atoms with Crippen molar-refractivity contribution in [1.82, 2.24) is 5.32 Å². The molecule has 11 nitrogen and oxygen atoms in total. The normalized spacial score (nSPS) is 35.4. The smallest absolute Gasteiger partial charge is 0.307 e. The monoisotopic (exact) mass is 455 g/mol. The number of ether oxygens (including phenoxy) is 6. The minimum absolute atomic E-state index is 0.0262. The van der Waals surface area contributed by atoms with Gasteiger partial charge in [-0.15, -0.1) is 0 Å². The first-order chi connectivity index (χ1) is 14.9. The lowest BCUT2D eigenvalue weighted by Gasteiger charge is -2.40.